The lowest BCUT2D eigenvalue weighted by Gasteiger charge is -2.01. The summed E-state index contributed by atoms with van der Waals surface area (Å²) in [6, 6.07) is 1.82. The monoisotopic (exact) mass is 262 g/mol. The third-order valence-corrected chi connectivity index (χ3v) is 2.99. The summed E-state index contributed by atoms with van der Waals surface area (Å²) >= 11 is 4.82. The normalized spacial score (nSPS) is 10.0. The molecule has 0 aliphatic heterocycles. The van der Waals surface area contributed by atoms with Gasteiger partial charge in [0.05, 0.1) is 9.35 Å². The highest BCUT2D eigenvalue weighted by Gasteiger charge is 2.05. The Kier molecular flexibility index (Phi) is 4.41. The highest BCUT2D eigenvalue weighted by molar-refractivity contribution is 9.11. The molecule has 0 saturated carbocycles. The van der Waals surface area contributed by atoms with E-state index in [0.29, 0.717) is 12.1 Å². The lowest BCUT2D eigenvalue weighted by Crippen LogP contribution is -2.30. The molecule has 0 aromatic carbocycles. The topological polar surface area (TPSA) is 41.1 Å². The van der Waals surface area contributed by atoms with Gasteiger partial charge in [0, 0.05) is 18.5 Å². The molecular formula is C8H11BrN2OS. The van der Waals surface area contributed by atoms with E-state index in [1.54, 1.807) is 0 Å². The molecule has 13 heavy (non-hydrogen) atoms. The van der Waals surface area contributed by atoms with Gasteiger partial charge in [-0.1, -0.05) is 0 Å². The number of nitrogens with one attached hydrogen (secondary N) is 2. The number of halogens is 1. The predicted molar refractivity (Wildman–Crippen MR) is 58.3 cm³/mol. The Labute approximate surface area is 89.7 Å². The summed E-state index contributed by atoms with van der Waals surface area (Å²) in [6.45, 7) is 1.44. The Morgan fingerprint density at radius 1 is 1.62 bits per heavy atom. The van der Waals surface area contributed by atoms with E-state index in [1.807, 2.05) is 18.5 Å². The van der Waals surface area contributed by atoms with Crippen LogP contribution in [0.4, 0.5) is 0 Å². The summed E-state index contributed by atoms with van der Waals surface area (Å²) in [5.74, 6) is -0.0165. The second kappa shape index (κ2) is 5.36. The van der Waals surface area contributed by atoms with Crippen LogP contribution in [0.5, 0.6) is 0 Å². The van der Waals surface area contributed by atoms with Gasteiger partial charge in [0.1, 0.15) is 0 Å². The van der Waals surface area contributed by atoms with Crippen molar-refractivity contribution in [2.45, 2.75) is 0 Å². The second-order valence-corrected chi connectivity index (χ2v) is 4.79. The number of hydrogen-bond donors (Lipinski definition) is 2. The Morgan fingerprint density at radius 3 is 2.92 bits per heavy atom. The van der Waals surface area contributed by atoms with Crippen LogP contribution < -0.4 is 10.6 Å². The van der Waals surface area contributed by atoms with Crippen molar-refractivity contribution in [2.75, 3.05) is 20.1 Å². The molecule has 0 bridgehead atoms. The van der Waals surface area contributed by atoms with E-state index in [4.69, 9.17) is 0 Å². The van der Waals surface area contributed by atoms with Crippen molar-refractivity contribution >= 4 is 33.2 Å². The Balaban J connectivity index is 2.40. The van der Waals surface area contributed by atoms with Gasteiger partial charge in [-0.3, -0.25) is 4.79 Å². The van der Waals surface area contributed by atoms with Gasteiger partial charge in [-0.15, -0.1) is 11.3 Å². The van der Waals surface area contributed by atoms with E-state index in [9.17, 15) is 4.79 Å². The average Bonchev–Trinajstić information content (AvgIpc) is 2.52. The minimum absolute atomic E-state index is 0.0165. The van der Waals surface area contributed by atoms with Crippen LogP contribution in [0, 0.1) is 0 Å². The average molecular weight is 263 g/mol. The molecule has 0 radical (unpaired) electrons. The minimum atomic E-state index is -0.0165. The zero-order valence-corrected chi connectivity index (χ0v) is 9.67. The molecule has 1 aromatic heterocycles. The smallest absolute Gasteiger partial charge is 0.252 e. The van der Waals surface area contributed by atoms with Crippen molar-refractivity contribution in [1.82, 2.24) is 10.6 Å². The summed E-state index contributed by atoms with van der Waals surface area (Å²) in [4.78, 5) is 11.4. The van der Waals surface area contributed by atoms with Gasteiger partial charge in [-0.2, -0.15) is 0 Å². The minimum Gasteiger partial charge on any atom is -0.351 e. The Bertz CT molecular complexity index is 287. The van der Waals surface area contributed by atoms with Crippen LogP contribution in [-0.4, -0.2) is 26.0 Å². The first-order chi connectivity index (χ1) is 6.24. The molecule has 1 aromatic rings. The molecule has 1 rings (SSSR count). The van der Waals surface area contributed by atoms with Crippen LogP contribution in [-0.2, 0) is 0 Å². The van der Waals surface area contributed by atoms with Gasteiger partial charge >= 0.3 is 0 Å². The highest BCUT2D eigenvalue weighted by Crippen LogP contribution is 2.20. The molecule has 72 valence electrons. The Hall–Kier alpha value is -0.390. The maximum Gasteiger partial charge on any atom is 0.252 e. The van der Waals surface area contributed by atoms with Crippen molar-refractivity contribution < 1.29 is 4.79 Å². The van der Waals surface area contributed by atoms with Crippen molar-refractivity contribution in [3.63, 3.8) is 0 Å². The fraction of sp³-hybridized carbons (Fsp3) is 0.375. The number of rotatable bonds is 4. The molecule has 0 spiro atoms. The van der Waals surface area contributed by atoms with E-state index in [-0.39, 0.29) is 5.91 Å². The third kappa shape index (κ3) is 3.46. The van der Waals surface area contributed by atoms with Crippen molar-refractivity contribution in [1.29, 1.82) is 0 Å². The zero-order valence-electron chi connectivity index (χ0n) is 7.26. The molecule has 0 unspecified atom stereocenters. The molecular weight excluding hydrogens is 252 g/mol. The van der Waals surface area contributed by atoms with Crippen molar-refractivity contribution in [2.24, 2.45) is 0 Å². The SMILES string of the molecule is CNCCNC(=O)c1csc(Br)c1. The van der Waals surface area contributed by atoms with Crippen LogP contribution in [0.3, 0.4) is 0 Å². The van der Waals surface area contributed by atoms with Gasteiger partial charge in [-0.25, -0.2) is 0 Å². The fourth-order valence-corrected chi connectivity index (χ4v) is 1.97. The summed E-state index contributed by atoms with van der Waals surface area (Å²) in [7, 11) is 1.85. The van der Waals surface area contributed by atoms with Crippen LogP contribution in [0.2, 0.25) is 0 Å². The lowest BCUT2D eigenvalue weighted by atomic mass is 10.3. The molecule has 0 atom stereocenters. The van der Waals surface area contributed by atoms with Crippen LogP contribution in [0.25, 0.3) is 0 Å². The summed E-state index contributed by atoms with van der Waals surface area (Å²) in [5.41, 5.74) is 0.716. The molecule has 0 saturated heterocycles. The Morgan fingerprint density at radius 2 is 2.38 bits per heavy atom. The lowest BCUT2D eigenvalue weighted by molar-refractivity contribution is 0.0954. The van der Waals surface area contributed by atoms with Crippen LogP contribution in [0.1, 0.15) is 10.4 Å². The number of amides is 1. The summed E-state index contributed by atoms with van der Waals surface area (Å²) in [6.07, 6.45) is 0. The first-order valence-electron chi connectivity index (χ1n) is 3.91. The van der Waals surface area contributed by atoms with Crippen molar-refractivity contribution in [3.8, 4) is 0 Å². The molecule has 0 aliphatic rings. The highest BCUT2D eigenvalue weighted by atomic mass is 79.9. The van der Waals surface area contributed by atoms with E-state index in [0.717, 1.165) is 10.3 Å². The zero-order chi connectivity index (χ0) is 9.68. The molecule has 1 amide bonds. The number of hydrogen-bond acceptors (Lipinski definition) is 3. The van der Waals surface area contributed by atoms with Gasteiger partial charge in [-0.05, 0) is 29.0 Å². The molecule has 5 heteroatoms. The van der Waals surface area contributed by atoms with E-state index >= 15 is 0 Å². The standard InChI is InChI=1S/C8H11BrN2OS/c1-10-2-3-11-8(12)6-4-7(9)13-5-6/h4-5,10H,2-3H2,1H3,(H,11,12). The van der Waals surface area contributed by atoms with Gasteiger partial charge < -0.3 is 10.6 Å². The number of likely N-dealkylation sites (N-methyl/N-ethyl adjacent to an activating group) is 1. The number of carbonyl (C=O) groups is 1. The maximum atomic E-state index is 11.4. The van der Waals surface area contributed by atoms with E-state index in [2.05, 4.69) is 26.6 Å². The number of carbonyl (C=O) groups excluding carboxylic acids is 1. The van der Waals surface area contributed by atoms with Crippen LogP contribution in [0.15, 0.2) is 15.2 Å². The predicted octanol–water partition coefficient (Wildman–Crippen LogP) is 1.46. The molecule has 2 N–H and O–H groups in total. The quantitative estimate of drug-likeness (QED) is 0.807. The first-order valence-corrected chi connectivity index (χ1v) is 5.58. The van der Waals surface area contributed by atoms with Gasteiger partial charge in [0.15, 0.2) is 0 Å². The molecule has 0 fully saturated rings. The van der Waals surface area contributed by atoms with E-state index < -0.39 is 0 Å². The van der Waals surface area contributed by atoms with Crippen LogP contribution >= 0.6 is 27.3 Å². The number of thiophene rings is 1. The first kappa shape index (κ1) is 10.7. The maximum absolute atomic E-state index is 11.4. The fourth-order valence-electron chi connectivity index (χ4n) is 0.832. The van der Waals surface area contributed by atoms with Crippen molar-refractivity contribution in [3.05, 3.63) is 20.8 Å². The third-order valence-electron chi connectivity index (χ3n) is 1.49. The largest absolute Gasteiger partial charge is 0.351 e. The summed E-state index contributed by atoms with van der Waals surface area (Å²) in [5, 5.41) is 7.59. The summed E-state index contributed by atoms with van der Waals surface area (Å²) < 4.78 is 0.978. The molecule has 0 aliphatic carbocycles. The molecule has 1 heterocycles. The second-order valence-electron chi connectivity index (χ2n) is 2.50. The van der Waals surface area contributed by atoms with Gasteiger partial charge in [0.25, 0.3) is 5.91 Å². The van der Waals surface area contributed by atoms with E-state index in [1.165, 1.54) is 11.3 Å². The molecule has 3 nitrogen and oxygen atoms in total. The van der Waals surface area contributed by atoms with Gasteiger partial charge in [0.2, 0.25) is 0 Å².